The summed E-state index contributed by atoms with van der Waals surface area (Å²) in [6.07, 6.45) is 13.7. The molecule has 0 saturated carbocycles. The predicted octanol–water partition coefficient (Wildman–Crippen LogP) is 1.74. The fourth-order valence-electron chi connectivity index (χ4n) is 3.31. The van der Waals surface area contributed by atoms with Crippen LogP contribution in [0.4, 0.5) is 0 Å². The third kappa shape index (κ3) is 4.39. The highest BCUT2D eigenvalue weighted by Crippen LogP contribution is 2.23. The van der Waals surface area contributed by atoms with Crippen molar-refractivity contribution >= 4 is 11.7 Å². The SMILES string of the molecule is Cc1ncc(C(CNC(=O)C2C=CC=CC2=O)N2CCCCC2)cn1. The van der Waals surface area contributed by atoms with E-state index in [9.17, 15) is 9.59 Å². The van der Waals surface area contributed by atoms with E-state index in [1.807, 2.05) is 19.3 Å². The van der Waals surface area contributed by atoms with Gasteiger partial charge in [0.1, 0.15) is 11.7 Å². The van der Waals surface area contributed by atoms with E-state index in [4.69, 9.17) is 0 Å². The molecule has 1 aliphatic carbocycles. The molecule has 25 heavy (non-hydrogen) atoms. The van der Waals surface area contributed by atoms with Crippen molar-refractivity contribution in [1.29, 1.82) is 0 Å². The smallest absolute Gasteiger partial charge is 0.234 e. The lowest BCUT2D eigenvalue weighted by atomic mass is 9.98. The summed E-state index contributed by atoms with van der Waals surface area (Å²) in [7, 11) is 0. The van der Waals surface area contributed by atoms with Crippen LogP contribution in [0.25, 0.3) is 0 Å². The average Bonchev–Trinajstić information content (AvgIpc) is 2.64. The van der Waals surface area contributed by atoms with Gasteiger partial charge < -0.3 is 5.32 Å². The van der Waals surface area contributed by atoms with Crippen molar-refractivity contribution in [3.8, 4) is 0 Å². The van der Waals surface area contributed by atoms with Crippen LogP contribution in [-0.4, -0.2) is 46.2 Å². The Hall–Kier alpha value is -2.34. The minimum Gasteiger partial charge on any atom is -0.353 e. The van der Waals surface area contributed by atoms with Crippen LogP contribution in [0.5, 0.6) is 0 Å². The van der Waals surface area contributed by atoms with E-state index >= 15 is 0 Å². The third-order valence-electron chi connectivity index (χ3n) is 4.75. The zero-order valence-corrected chi connectivity index (χ0v) is 14.5. The maximum Gasteiger partial charge on any atom is 0.234 e. The Morgan fingerprint density at radius 1 is 1.24 bits per heavy atom. The predicted molar refractivity (Wildman–Crippen MR) is 94.7 cm³/mol. The largest absolute Gasteiger partial charge is 0.353 e. The number of hydrogen-bond donors (Lipinski definition) is 1. The van der Waals surface area contributed by atoms with Crippen LogP contribution >= 0.6 is 0 Å². The molecule has 2 atom stereocenters. The molecule has 6 nitrogen and oxygen atoms in total. The molecule has 0 bridgehead atoms. The first-order chi connectivity index (χ1) is 12.1. The number of aromatic nitrogens is 2. The Bertz CT molecular complexity index is 675. The number of ketones is 1. The van der Waals surface area contributed by atoms with Gasteiger partial charge in [-0.25, -0.2) is 9.97 Å². The second-order valence-corrected chi connectivity index (χ2v) is 6.55. The first-order valence-electron chi connectivity index (χ1n) is 8.84. The van der Waals surface area contributed by atoms with Crippen LogP contribution in [0.3, 0.4) is 0 Å². The zero-order chi connectivity index (χ0) is 17.6. The molecule has 1 aromatic heterocycles. The Balaban J connectivity index is 1.70. The summed E-state index contributed by atoms with van der Waals surface area (Å²) >= 11 is 0. The Kier molecular flexibility index (Phi) is 5.71. The molecule has 6 heteroatoms. The van der Waals surface area contributed by atoms with Gasteiger partial charge in [0.2, 0.25) is 5.91 Å². The molecule has 2 aliphatic rings. The first kappa shape index (κ1) is 17.5. The van der Waals surface area contributed by atoms with Crippen LogP contribution in [0.1, 0.15) is 36.7 Å². The highest BCUT2D eigenvalue weighted by molar-refractivity contribution is 6.09. The minimum absolute atomic E-state index is 0.0306. The van der Waals surface area contributed by atoms with Crippen molar-refractivity contribution in [3.63, 3.8) is 0 Å². The normalized spacial score (nSPS) is 22.0. The van der Waals surface area contributed by atoms with Gasteiger partial charge in [-0.05, 0) is 38.9 Å². The number of nitrogens with one attached hydrogen (secondary N) is 1. The lowest BCUT2D eigenvalue weighted by Gasteiger charge is -2.34. The van der Waals surface area contributed by atoms with Crippen molar-refractivity contribution in [1.82, 2.24) is 20.2 Å². The van der Waals surface area contributed by atoms with E-state index in [2.05, 4.69) is 20.2 Å². The Labute approximate surface area is 148 Å². The van der Waals surface area contributed by atoms with E-state index < -0.39 is 5.92 Å². The van der Waals surface area contributed by atoms with E-state index in [1.165, 1.54) is 12.5 Å². The molecule has 0 radical (unpaired) electrons. The van der Waals surface area contributed by atoms with Gasteiger partial charge in [0, 0.05) is 24.5 Å². The van der Waals surface area contributed by atoms with E-state index in [-0.39, 0.29) is 17.7 Å². The molecule has 132 valence electrons. The third-order valence-corrected chi connectivity index (χ3v) is 4.75. The van der Waals surface area contributed by atoms with Gasteiger partial charge in [-0.3, -0.25) is 14.5 Å². The van der Waals surface area contributed by atoms with Crippen molar-refractivity contribution < 1.29 is 9.59 Å². The number of rotatable bonds is 5. The first-order valence-corrected chi connectivity index (χ1v) is 8.84. The van der Waals surface area contributed by atoms with Gasteiger partial charge in [0.05, 0.1) is 6.04 Å². The van der Waals surface area contributed by atoms with Gasteiger partial charge in [-0.15, -0.1) is 0 Å². The molecular weight excluding hydrogens is 316 g/mol. The maximum atomic E-state index is 12.4. The van der Waals surface area contributed by atoms with Crippen molar-refractivity contribution in [2.75, 3.05) is 19.6 Å². The lowest BCUT2D eigenvalue weighted by molar-refractivity contribution is -0.130. The molecule has 1 fully saturated rings. The Morgan fingerprint density at radius 3 is 2.64 bits per heavy atom. The number of carbonyl (C=O) groups is 2. The minimum atomic E-state index is -0.721. The summed E-state index contributed by atoms with van der Waals surface area (Å²) in [5.41, 5.74) is 0.998. The van der Waals surface area contributed by atoms with E-state index in [0.717, 1.165) is 37.3 Å². The van der Waals surface area contributed by atoms with Gasteiger partial charge in [0.25, 0.3) is 0 Å². The maximum absolute atomic E-state index is 12.4. The van der Waals surface area contributed by atoms with Crippen LogP contribution in [0.2, 0.25) is 0 Å². The van der Waals surface area contributed by atoms with Crippen LogP contribution < -0.4 is 5.32 Å². The van der Waals surface area contributed by atoms with Crippen molar-refractivity contribution in [3.05, 3.63) is 48.1 Å². The van der Waals surface area contributed by atoms with E-state index in [1.54, 1.807) is 18.2 Å². The number of carbonyl (C=O) groups excluding carboxylic acids is 2. The average molecular weight is 340 g/mol. The van der Waals surface area contributed by atoms with Crippen molar-refractivity contribution in [2.45, 2.75) is 32.2 Å². The summed E-state index contributed by atoms with van der Waals surface area (Å²) in [4.78, 5) is 35.2. The fourth-order valence-corrected chi connectivity index (χ4v) is 3.31. The summed E-state index contributed by atoms with van der Waals surface area (Å²) in [6, 6.07) is 0.0306. The summed E-state index contributed by atoms with van der Waals surface area (Å²) < 4.78 is 0. The van der Waals surface area contributed by atoms with Gasteiger partial charge in [0.15, 0.2) is 5.78 Å². The molecule has 2 heterocycles. The highest BCUT2D eigenvalue weighted by atomic mass is 16.2. The number of likely N-dealkylation sites (tertiary alicyclic amines) is 1. The number of amides is 1. The number of aryl methyl sites for hydroxylation is 1. The number of piperidine rings is 1. The molecule has 1 amide bonds. The number of allylic oxidation sites excluding steroid dienone is 3. The number of nitrogens with zero attached hydrogens (tertiary/aromatic N) is 3. The molecule has 0 spiro atoms. The summed E-state index contributed by atoms with van der Waals surface area (Å²) in [5, 5.41) is 2.95. The van der Waals surface area contributed by atoms with E-state index in [0.29, 0.717) is 6.54 Å². The molecule has 1 N–H and O–H groups in total. The van der Waals surface area contributed by atoms with Gasteiger partial charge in [-0.1, -0.05) is 24.6 Å². The molecule has 3 rings (SSSR count). The molecule has 0 aromatic carbocycles. The monoisotopic (exact) mass is 340 g/mol. The second-order valence-electron chi connectivity index (χ2n) is 6.55. The second kappa shape index (κ2) is 8.16. The Morgan fingerprint density at radius 2 is 1.96 bits per heavy atom. The molecule has 1 saturated heterocycles. The summed E-state index contributed by atoms with van der Waals surface area (Å²) in [6.45, 7) is 4.31. The highest BCUT2D eigenvalue weighted by Gasteiger charge is 2.27. The topological polar surface area (TPSA) is 75.2 Å². The summed E-state index contributed by atoms with van der Waals surface area (Å²) in [5.74, 6) is -0.412. The zero-order valence-electron chi connectivity index (χ0n) is 14.5. The number of hydrogen-bond acceptors (Lipinski definition) is 5. The quantitative estimate of drug-likeness (QED) is 0.827. The molecule has 1 aromatic rings. The molecular formula is C19H24N4O2. The lowest BCUT2D eigenvalue weighted by Crippen LogP contribution is -2.43. The van der Waals surface area contributed by atoms with Crippen LogP contribution in [-0.2, 0) is 9.59 Å². The molecule has 2 unspecified atom stereocenters. The van der Waals surface area contributed by atoms with Crippen LogP contribution in [0, 0.1) is 12.8 Å². The molecule has 1 aliphatic heterocycles. The standard InChI is InChI=1S/C19H24N4O2/c1-14-20-11-15(12-21-14)17(23-9-5-2-6-10-23)13-22-19(25)16-7-3-4-8-18(16)24/h3-4,7-8,11-12,16-17H,2,5-6,9-10,13H2,1H3,(H,22,25). The van der Waals surface area contributed by atoms with Gasteiger partial charge in [-0.2, -0.15) is 0 Å². The van der Waals surface area contributed by atoms with Crippen LogP contribution in [0.15, 0.2) is 36.7 Å². The fraction of sp³-hybridized carbons (Fsp3) is 0.474. The van der Waals surface area contributed by atoms with Crippen molar-refractivity contribution in [2.24, 2.45) is 5.92 Å². The van der Waals surface area contributed by atoms with Gasteiger partial charge >= 0.3 is 0 Å².